The van der Waals surface area contributed by atoms with E-state index in [1.54, 1.807) is 7.11 Å². The zero-order valence-electron chi connectivity index (χ0n) is 15.6. The van der Waals surface area contributed by atoms with Gasteiger partial charge < -0.3 is 4.84 Å². The van der Waals surface area contributed by atoms with Gasteiger partial charge in [0.25, 0.3) is 0 Å². The van der Waals surface area contributed by atoms with Gasteiger partial charge in [0.2, 0.25) is 0 Å². The topological polar surface area (TPSA) is 24.8 Å². The van der Waals surface area contributed by atoms with E-state index >= 15 is 0 Å². The average molecular weight is 403 g/mol. The fraction of sp³-hybridized carbons (Fsp3) is 0.409. The van der Waals surface area contributed by atoms with E-state index in [1.807, 2.05) is 24.3 Å². The first-order valence-corrected chi connectivity index (χ1v) is 10.2. The highest BCUT2D eigenvalue weighted by Crippen LogP contribution is 2.53. The van der Waals surface area contributed by atoms with Gasteiger partial charge in [0.1, 0.15) is 7.11 Å². The van der Waals surface area contributed by atoms with Crippen LogP contribution in [0.4, 0.5) is 0 Å². The summed E-state index contributed by atoms with van der Waals surface area (Å²) in [5.41, 5.74) is 3.44. The minimum Gasteiger partial charge on any atom is -0.399 e. The summed E-state index contributed by atoms with van der Waals surface area (Å²) in [7, 11) is 3.83. The summed E-state index contributed by atoms with van der Waals surface area (Å²) in [5, 5.41) is 6.12. The first kappa shape index (κ1) is 18.8. The number of likely N-dealkylation sites (tertiary alicyclic amines) is 1. The van der Waals surface area contributed by atoms with E-state index in [9.17, 15) is 0 Å². The Morgan fingerprint density at radius 1 is 0.889 bits per heavy atom. The Morgan fingerprint density at radius 2 is 1.37 bits per heavy atom. The maximum atomic E-state index is 6.63. The van der Waals surface area contributed by atoms with E-state index in [-0.39, 0.29) is 12.1 Å². The Kier molecular flexibility index (Phi) is 5.45. The Bertz CT molecular complexity index is 790. The van der Waals surface area contributed by atoms with Crippen LogP contribution < -0.4 is 0 Å². The first-order valence-electron chi connectivity index (χ1n) is 9.45. The highest BCUT2D eigenvalue weighted by molar-refractivity contribution is 6.31. The van der Waals surface area contributed by atoms with E-state index < -0.39 is 0 Å². The average Bonchev–Trinajstić information content (AvgIpc) is 2.66. The molecule has 0 radical (unpaired) electrons. The van der Waals surface area contributed by atoms with Crippen LogP contribution in [0.1, 0.15) is 42.5 Å². The Morgan fingerprint density at radius 3 is 1.81 bits per heavy atom. The Labute approximate surface area is 170 Å². The van der Waals surface area contributed by atoms with Gasteiger partial charge in [0, 0.05) is 34.0 Å². The molecule has 1 heterocycles. The molecule has 0 spiro atoms. The fourth-order valence-corrected chi connectivity index (χ4v) is 5.55. The standard InChI is InChI=1S/C22H24Cl2N2O/c1-26-21(14-8-3-5-12-18(14)23)16-10-7-11-17(20(16)25-27-2)22(26)15-9-4-6-13-19(15)24/h3-6,8-9,12-13,16-17,21-22H,7,10-11H2,1-2H3/t16-,17+,21-,22+. The van der Waals surface area contributed by atoms with Gasteiger partial charge in [-0.15, -0.1) is 0 Å². The van der Waals surface area contributed by atoms with E-state index in [0.717, 1.165) is 39.7 Å². The number of fused-ring (bicyclic) bond motifs is 2. The van der Waals surface area contributed by atoms with Crippen LogP contribution in [0.15, 0.2) is 53.7 Å². The lowest BCUT2D eigenvalue weighted by molar-refractivity contribution is 0.0610. The Balaban J connectivity index is 1.88. The SMILES string of the molecule is CON=C1[C@H]2CCC[C@@H]1[C@H](c1ccccc1Cl)N(C)[C@@H]2c1ccccc1Cl. The van der Waals surface area contributed by atoms with Gasteiger partial charge in [0.15, 0.2) is 0 Å². The number of hydrogen-bond acceptors (Lipinski definition) is 3. The molecule has 0 N–H and O–H groups in total. The van der Waals surface area contributed by atoms with Crippen LogP contribution in [-0.2, 0) is 4.84 Å². The summed E-state index contributed by atoms with van der Waals surface area (Å²) in [6.45, 7) is 0. The summed E-state index contributed by atoms with van der Waals surface area (Å²) < 4.78 is 0. The van der Waals surface area contributed by atoms with Crippen molar-refractivity contribution in [2.75, 3.05) is 14.2 Å². The molecule has 27 heavy (non-hydrogen) atoms. The molecular formula is C22H24Cl2N2O. The van der Waals surface area contributed by atoms with Crippen molar-refractivity contribution in [3.63, 3.8) is 0 Å². The van der Waals surface area contributed by atoms with Gasteiger partial charge in [0.05, 0.1) is 5.71 Å². The van der Waals surface area contributed by atoms with Crippen molar-refractivity contribution in [1.82, 2.24) is 4.90 Å². The number of rotatable bonds is 3. The van der Waals surface area contributed by atoms with Gasteiger partial charge >= 0.3 is 0 Å². The van der Waals surface area contributed by atoms with E-state index in [1.165, 1.54) is 6.42 Å². The van der Waals surface area contributed by atoms with Crippen molar-refractivity contribution < 1.29 is 4.84 Å². The number of benzene rings is 2. The molecule has 1 aliphatic carbocycles. The maximum absolute atomic E-state index is 6.63. The number of halogens is 2. The van der Waals surface area contributed by atoms with Gasteiger partial charge in [-0.05, 0) is 43.1 Å². The second-order valence-electron chi connectivity index (χ2n) is 7.44. The molecule has 0 amide bonds. The molecule has 3 nitrogen and oxygen atoms in total. The smallest absolute Gasteiger partial charge is 0.106 e. The normalized spacial score (nSPS) is 29.7. The minimum atomic E-state index is 0.144. The van der Waals surface area contributed by atoms with E-state index in [0.29, 0.717) is 11.8 Å². The van der Waals surface area contributed by atoms with Crippen molar-refractivity contribution in [2.24, 2.45) is 17.0 Å². The molecule has 5 heteroatoms. The summed E-state index contributed by atoms with van der Waals surface area (Å²) in [5.74, 6) is 0.597. The van der Waals surface area contributed by atoms with Crippen molar-refractivity contribution in [3.05, 3.63) is 69.7 Å². The third-order valence-electron chi connectivity index (χ3n) is 6.07. The van der Waals surface area contributed by atoms with Gasteiger partial charge in [-0.25, -0.2) is 0 Å². The maximum Gasteiger partial charge on any atom is 0.106 e. The lowest BCUT2D eigenvalue weighted by atomic mass is 9.66. The number of hydrogen-bond donors (Lipinski definition) is 0. The van der Waals surface area contributed by atoms with Crippen molar-refractivity contribution in [1.29, 1.82) is 0 Å². The molecule has 0 unspecified atom stereocenters. The van der Waals surface area contributed by atoms with Crippen molar-refractivity contribution in [3.8, 4) is 0 Å². The molecule has 4 rings (SSSR count). The van der Waals surface area contributed by atoms with Gasteiger partial charge in [-0.1, -0.05) is 71.2 Å². The zero-order chi connectivity index (χ0) is 19.0. The highest BCUT2D eigenvalue weighted by atomic mass is 35.5. The molecule has 2 aromatic rings. The summed E-state index contributed by atoms with van der Waals surface area (Å²) >= 11 is 13.3. The molecule has 2 bridgehead atoms. The summed E-state index contributed by atoms with van der Waals surface area (Å²) in [6.07, 6.45) is 3.36. The third kappa shape index (κ3) is 3.26. The predicted molar refractivity (Wildman–Crippen MR) is 111 cm³/mol. The molecule has 4 atom stereocenters. The summed E-state index contributed by atoms with van der Waals surface area (Å²) in [4.78, 5) is 7.74. The molecule has 2 aliphatic rings. The number of oxime groups is 1. The second kappa shape index (κ2) is 7.83. The lowest BCUT2D eigenvalue weighted by Crippen LogP contribution is -2.51. The monoisotopic (exact) mass is 402 g/mol. The second-order valence-corrected chi connectivity index (χ2v) is 8.26. The predicted octanol–water partition coefficient (Wildman–Crippen LogP) is 6.14. The van der Waals surface area contributed by atoms with E-state index in [2.05, 4.69) is 41.4 Å². The minimum absolute atomic E-state index is 0.144. The van der Waals surface area contributed by atoms with Gasteiger partial charge in [-0.2, -0.15) is 0 Å². The largest absolute Gasteiger partial charge is 0.399 e. The molecule has 2 aromatic carbocycles. The highest BCUT2D eigenvalue weighted by Gasteiger charge is 2.49. The van der Waals surface area contributed by atoms with Crippen LogP contribution in [0.5, 0.6) is 0 Å². The molecule has 1 aliphatic heterocycles. The van der Waals surface area contributed by atoms with Crippen LogP contribution in [0.2, 0.25) is 10.0 Å². The van der Waals surface area contributed by atoms with Crippen LogP contribution in [0.25, 0.3) is 0 Å². The van der Waals surface area contributed by atoms with Crippen LogP contribution in [0, 0.1) is 11.8 Å². The first-order chi connectivity index (χ1) is 13.1. The van der Waals surface area contributed by atoms with Crippen LogP contribution in [0.3, 0.4) is 0 Å². The van der Waals surface area contributed by atoms with Crippen LogP contribution >= 0.6 is 23.2 Å². The van der Waals surface area contributed by atoms with Gasteiger partial charge in [-0.3, -0.25) is 4.90 Å². The fourth-order valence-electron chi connectivity index (χ4n) is 5.05. The molecule has 0 aromatic heterocycles. The number of nitrogens with zero attached hydrogens (tertiary/aromatic N) is 2. The van der Waals surface area contributed by atoms with E-state index in [4.69, 9.17) is 28.0 Å². The molecular weight excluding hydrogens is 379 g/mol. The quantitative estimate of drug-likeness (QED) is 0.575. The summed E-state index contributed by atoms with van der Waals surface area (Å²) in [6, 6.07) is 16.6. The Hall–Kier alpha value is -1.55. The molecule has 2 fully saturated rings. The third-order valence-corrected chi connectivity index (χ3v) is 6.76. The van der Waals surface area contributed by atoms with Crippen LogP contribution in [-0.4, -0.2) is 24.8 Å². The molecule has 1 saturated carbocycles. The molecule has 142 valence electrons. The number of piperidine rings is 1. The van der Waals surface area contributed by atoms with Crippen molar-refractivity contribution in [2.45, 2.75) is 31.3 Å². The zero-order valence-corrected chi connectivity index (χ0v) is 17.1. The molecule has 1 saturated heterocycles. The lowest BCUT2D eigenvalue weighted by Gasteiger charge is -2.52. The van der Waals surface area contributed by atoms with Crippen molar-refractivity contribution >= 4 is 28.9 Å².